The molecule has 0 aromatic carbocycles. The number of hydroxylamine groups is 1. The summed E-state index contributed by atoms with van der Waals surface area (Å²) in [5.74, 6) is -0.158. The third-order valence-electron chi connectivity index (χ3n) is 4.03. The number of aryl methyl sites for hydroxylation is 1. The first-order valence-electron chi connectivity index (χ1n) is 8.04. The average molecular weight is 335 g/mol. The van der Waals surface area contributed by atoms with Gasteiger partial charge in [-0.2, -0.15) is 5.48 Å². The average Bonchev–Trinajstić information content (AvgIpc) is 2.52. The number of nitrogens with one attached hydrogen (secondary N) is 1. The minimum Gasteiger partial charge on any atom is -0.384 e. The van der Waals surface area contributed by atoms with Crippen molar-refractivity contribution in [2.24, 2.45) is 5.41 Å². The first-order valence-corrected chi connectivity index (χ1v) is 8.04. The van der Waals surface area contributed by atoms with Gasteiger partial charge in [-0.1, -0.05) is 26.3 Å². The molecule has 0 saturated heterocycles. The Morgan fingerprint density at radius 2 is 1.96 bits per heavy atom. The molecule has 0 saturated carbocycles. The van der Waals surface area contributed by atoms with Crippen LogP contribution in [0.25, 0.3) is 5.57 Å². The summed E-state index contributed by atoms with van der Waals surface area (Å²) in [6.45, 7) is 11.2. The Morgan fingerprint density at radius 1 is 1.29 bits per heavy atom. The van der Waals surface area contributed by atoms with E-state index in [4.69, 9.17) is 9.57 Å². The highest BCUT2D eigenvalue weighted by molar-refractivity contribution is 5.95. The fourth-order valence-corrected chi connectivity index (χ4v) is 2.28. The number of carbonyl (C=O) groups is 1. The number of ether oxygens (including phenoxy) is 1. The Bertz CT molecular complexity index is 604. The zero-order valence-electron chi connectivity index (χ0n) is 15.8. The number of Topliss-reactive ketones (excluding diaryl/α,β-unsaturated/α-hetero) is 1. The molecule has 134 valence electrons. The zero-order valence-corrected chi connectivity index (χ0v) is 15.8. The van der Waals surface area contributed by atoms with E-state index in [9.17, 15) is 4.79 Å². The number of methoxy groups -OCH3 is 1. The third-order valence-corrected chi connectivity index (χ3v) is 4.03. The number of hydrogen-bond donors (Lipinski definition) is 1. The van der Waals surface area contributed by atoms with Crippen LogP contribution in [0, 0.1) is 12.3 Å². The van der Waals surface area contributed by atoms with E-state index in [-0.39, 0.29) is 17.7 Å². The topological polar surface area (TPSA) is 73.3 Å². The standard InChI is InChI=1S/C18H29N3O3/c1-12(18(3,4)5)14(8-9-23-6)17-13(2)21-15(10-19-17)16(22)11-20-24-7/h10,20H,8-9,11H2,1-7H3/b14-12+. The van der Waals surface area contributed by atoms with E-state index >= 15 is 0 Å². The van der Waals surface area contributed by atoms with E-state index in [0.717, 1.165) is 23.4 Å². The summed E-state index contributed by atoms with van der Waals surface area (Å²) in [4.78, 5) is 25.7. The lowest BCUT2D eigenvalue weighted by Gasteiger charge is -2.24. The van der Waals surface area contributed by atoms with Crippen LogP contribution in [-0.4, -0.2) is 43.1 Å². The second kappa shape index (κ2) is 9.01. The number of aromatic nitrogens is 2. The summed E-state index contributed by atoms with van der Waals surface area (Å²) in [5, 5.41) is 0. The Balaban J connectivity index is 3.23. The molecule has 0 radical (unpaired) electrons. The molecule has 1 aromatic rings. The van der Waals surface area contributed by atoms with Crippen LogP contribution in [0.3, 0.4) is 0 Å². The Hall–Kier alpha value is -1.63. The van der Waals surface area contributed by atoms with Crippen molar-refractivity contribution in [1.29, 1.82) is 0 Å². The summed E-state index contributed by atoms with van der Waals surface area (Å²) in [6, 6.07) is 0. The number of hydrogen-bond acceptors (Lipinski definition) is 6. The van der Waals surface area contributed by atoms with Crippen molar-refractivity contribution in [2.45, 2.75) is 41.0 Å². The molecule has 24 heavy (non-hydrogen) atoms. The van der Waals surface area contributed by atoms with E-state index in [1.807, 2.05) is 6.92 Å². The molecular formula is C18H29N3O3. The van der Waals surface area contributed by atoms with Crippen molar-refractivity contribution in [3.63, 3.8) is 0 Å². The number of ketones is 1. The molecule has 6 nitrogen and oxygen atoms in total. The molecule has 1 N–H and O–H groups in total. The first-order chi connectivity index (χ1) is 11.2. The Kier molecular flexibility index (Phi) is 7.66. The zero-order chi connectivity index (χ0) is 18.3. The summed E-state index contributed by atoms with van der Waals surface area (Å²) in [6.07, 6.45) is 2.29. The van der Waals surface area contributed by atoms with Crippen molar-refractivity contribution in [3.05, 3.63) is 28.9 Å². The Labute approximate surface area is 144 Å². The molecule has 0 amide bonds. The number of nitrogens with zero attached hydrogens (tertiary/aromatic N) is 2. The molecule has 0 aliphatic heterocycles. The van der Waals surface area contributed by atoms with Gasteiger partial charge in [0.05, 0.1) is 37.8 Å². The van der Waals surface area contributed by atoms with Crippen LogP contribution < -0.4 is 5.48 Å². The summed E-state index contributed by atoms with van der Waals surface area (Å²) in [5.41, 5.74) is 6.83. The van der Waals surface area contributed by atoms with Gasteiger partial charge in [-0.15, -0.1) is 0 Å². The summed E-state index contributed by atoms with van der Waals surface area (Å²) >= 11 is 0. The van der Waals surface area contributed by atoms with E-state index < -0.39 is 0 Å². The van der Waals surface area contributed by atoms with Gasteiger partial charge in [-0.05, 0) is 31.3 Å². The maximum absolute atomic E-state index is 12.0. The lowest BCUT2D eigenvalue weighted by atomic mass is 9.82. The van der Waals surface area contributed by atoms with Crippen molar-refractivity contribution >= 4 is 11.4 Å². The predicted molar refractivity (Wildman–Crippen MR) is 94.7 cm³/mol. The van der Waals surface area contributed by atoms with Crippen LogP contribution in [0.4, 0.5) is 0 Å². The van der Waals surface area contributed by atoms with Crippen LogP contribution in [0.15, 0.2) is 11.8 Å². The molecular weight excluding hydrogens is 306 g/mol. The fraction of sp³-hybridized carbons (Fsp3) is 0.611. The normalized spacial score (nSPS) is 13.0. The van der Waals surface area contributed by atoms with E-state index in [1.54, 1.807) is 7.11 Å². The molecule has 1 rings (SSSR count). The van der Waals surface area contributed by atoms with Crippen molar-refractivity contribution in [1.82, 2.24) is 15.4 Å². The van der Waals surface area contributed by atoms with Crippen LogP contribution >= 0.6 is 0 Å². The first kappa shape index (κ1) is 20.4. The lowest BCUT2D eigenvalue weighted by molar-refractivity contribution is 0.0731. The number of rotatable bonds is 8. The molecule has 6 heteroatoms. The van der Waals surface area contributed by atoms with Gasteiger partial charge in [0, 0.05) is 7.11 Å². The van der Waals surface area contributed by atoms with Gasteiger partial charge in [-0.25, -0.2) is 4.98 Å². The quantitative estimate of drug-likeness (QED) is 0.581. The number of carbonyl (C=O) groups excluding carboxylic acids is 1. The van der Waals surface area contributed by atoms with Crippen LogP contribution in [-0.2, 0) is 9.57 Å². The second-order valence-corrected chi connectivity index (χ2v) is 6.73. The van der Waals surface area contributed by atoms with Crippen molar-refractivity contribution in [3.8, 4) is 0 Å². The third kappa shape index (κ3) is 5.47. The summed E-state index contributed by atoms with van der Waals surface area (Å²) in [7, 11) is 3.16. The van der Waals surface area contributed by atoms with Gasteiger partial charge in [0.1, 0.15) is 5.69 Å². The van der Waals surface area contributed by atoms with E-state index in [2.05, 4.69) is 43.1 Å². The highest BCUT2D eigenvalue weighted by Gasteiger charge is 2.21. The van der Waals surface area contributed by atoms with Gasteiger partial charge in [0.2, 0.25) is 0 Å². The number of allylic oxidation sites excluding steroid dienone is 1. The molecule has 0 aliphatic carbocycles. The van der Waals surface area contributed by atoms with Gasteiger partial charge in [0.25, 0.3) is 0 Å². The van der Waals surface area contributed by atoms with Gasteiger partial charge in [-0.3, -0.25) is 9.78 Å². The second-order valence-electron chi connectivity index (χ2n) is 6.73. The SMILES string of the molecule is COCC/C(=C(/C)C(C)(C)C)c1ncc(C(=O)CNOC)nc1C. The van der Waals surface area contributed by atoms with E-state index in [0.29, 0.717) is 12.3 Å². The van der Waals surface area contributed by atoms with E-state index in [1.165, 1.54) is 18.9 Å². The maximum atomic E-state index is 12.0. The minimum absolute atomic E-state index is 0.0219. The summed E-state index contributed by atoms with van der Waals surface area (Å²) < 4.78 is 5.24. The molecule has 0 unspecified atom stereocenters. The predicted octanol–water partition coefficient (Wildman–Crippen LogP) is 2.97. The largest absolute Gasteiger partial charge is 0.384 e. The highest BCUT2D eigenvalue weighted by Crippen LogP contribution is 2.34. The molecule has 1 aromatic heterocycles. The molecule has 1 heterocycles. The highest BCUT2D eigenvalue weighted by atomic mass is 16.6. The van der Waals surface area contributed by atoms with Crippen molar-refractivity contribution < 1.29 is 14.4 Å². The minimum atomic E-state index is -0.158. The van der Waals surface area contributed by atoms with Crippen LogP contribution in [0.2, 0.25) is 0 Å². The molecule has 0 fully saturated rings. The maximum Gasteiger partial charge on any atom is 0.198 e. The van der Waals surface area contributed by atoms with Gasteiger partial charge in [0.15, 0.2) is 5.78 Å². The van der Waals surface area contributed by atoms with Gasteiger partial charge < -0.3 is 9.57 Å². The molecule has 0 bridgehead atoms. The Morgan fingerprint density at radius 3 is 2.46 bits per heavy atom. The van der Waals surface area contributed by atoms with Crippen LogP contribution in [0.1, 0.15) is 56.0 Å². The molecule has 0 atom stereocenters. The smallest absolute Gasteiger partial charge is 0.198 e. The lowest BCUT2D eigenvalue weighted by Crippen LogP contribution is -2.23. The van der Waals surface area contributed by atoms with Crippen LogP contribution in [0.5, 0.6) is 0 Å². The van der Waals surface area contributed by atoms with Gasteiger partial charge >= 0.3 is 0 Å². The molecule has 0 spiro atoms. The fourth-order valence-electron chi connectivity index (χ4n) is 2.28. The van der Waals surface area contributed by atoms with Crippen molar-refractivity contribution in [2.75, 3.05) is 27.4 Å². The molecule has 0 aliphatic rings. The monoisotopic (exact) mass is 335 g/mol.